The number of nitrogens with zero attached hydrogens (tertiary/aromatic N) is 4. The number of rotatable bonds is 11. The number of hydrogen-bond acceptors (Lipinski definition) is 13. The number of hydrogen-bond donors (Lipinski definition) is 4. The second-order valence-corrected chi connectivity index (χ2v) is 17.7. The average molecular weight is 749 g/mol. The first-order valence-corrected chi connectivity index (χ1v) is 20.1. The molecule has 0 aliphatic carbocycles. The second-order valence-electron chi connectivity index (χ2n) is 12.5. The minimum Gasteiger partial charge on any atom is -0.444 e. The maximum absolute atomic E-state index is 12.4. The summed E-state index contributed by atoms with van der Waals surface area (Å²) in [6.07, 6.45) is 2.70. The van der Waals surface area contributed by atoms with Crippen molar-refractivity contribution in [2.24, 2.45) is 17.6 Å². The number of alkyl carbamates (subject to hydrolysis) is 1. The van der Waals surface area contributed by atoms with Gasteiger partial charge in [0, 0.05) is 79.1 Å². The molecule has 0 atom stereocenters. The van der Waals surface area contributed by atoms with Gasteiger partial charge in [-0.3, -0.25) is 9.44 Å². The molecule has 2 aromatic carbocycles. The summed E-state index contributed by atoms with van der Waals surface area (Å²) in [6, 6.07) is 13.6. The Morgan fingerprint density at radius 2 is 1.22 bits per heavy atom. The van der Waals surface area contributed by atoms with Crippen LogP contribution in [0.3, 0.4) is 0 Å². The summed E-state index contributed by atoms with van der Waals surface area (Å²) in [4.78, 5) is 24.3. The Morgan fingerprint density at radius 3 is 1.59 bits per heavy atom. The number of ether oxygens (including phenoxy) is 1. The number of anilines is 4. The fraction of sp³-hybridized carbons (Fsp3) is 0.387. The summed E-state index contributed by atoms with van der Waals surface area (Å²) >= 11 is 2.47. The van der Waals surface area contributed by atoms with Crippen LogP contribution in [0, 0.1) is 11.8 Å². The Morgan fingerprint density at radius 1 is 0.796 bits per heavy atom. The predicted molar refractivity (Wildman–Crippen MR) is 193 cm³/mol. The molecule has 0 bridgehead atoms. The van der Waals surface area contributed by atoms with E-state index >= 15 is 0 Å². The van der Waals surface area contributed by atoms with Crippen LogP contribution >= 0.6 is 22.7 Å². The van der Waals surface area contributed by atoms with E-state index in [1.165, 1.54) is 22.7 Å². The standard InChI is InChI=1S/C18H24N4O4S2.C13H16N4O2S2/c1-18(2,3)26-17(23)20-10-13-11-22(12-13)14-4-6-15(7-5-14)28(24,25)21-16-19-8-9-27-16;14-7-10-8-17(9-10)11-1-3-12(4-2-11)21(18,19)16-13-15-5-6-20-13/h4-9,13H,10-12H2,1-3H3,(H,19,21)(H,20,23);1-6,10H,7-9,14H2,(H,15,16). The first-order valence-electron chi connectivity index (χ1n) is 15.4. The third-order valence-corrected chi connectivity index (χ3v) is 11.9. The van der Waals surface area contributed by atoms with Crippen molar-refractivity contribution in [1.82, 2.24) is 15.3 Å². The number of carbonyl (C=O) groups is 1. The topological polar surface area (TPSA) is 189 Å². The molecule has 0 radical (unpaired) electrons. The third kappa shape index (κ3) is 10.0. The molecule has 2 aliphatic rings. The molecule has 0 spiro atoms. The van der Waals surface area contributed by atoms with Crippen LogP contribution in [-0.2, 0) is 24.8 Å². The Labute approximate surface area is 294 Å². The van der Waals surface area contributed by atoms with Crippen LogP contribution in [0.1, 0.15) is 20.8 Å². The lowest BCUT2D eigenvalue weighted by molar-refractivity contribution is 0.0516. The van der Waals surface area contributed by atoms with Crippen LogP contribution in [0.15, 0.2) is 81.5 Å². The summed E-state index contributed by atoms with van der Waals surface area (Å²) < 4.78 is 59.2. The Balaban J connectivity index is 0.000000199. The first kappa shape index (κ1) is 36.3. The number of nitrogens with one attached hydrogen (secondary N) is 3. The van der Waals surface area contributed by atoms with Crippen molar-refractivity contribution in [2.45, 2.75) is 36.2 Å². The van der Waals surface area contributed by atoms with E-state index in [0.717, 1.165) is 37.6 Å². The molecule has 2 fully saturated rings. The van der Waals surface area contributed by atoms with Gasteiger partial charge in [-0.25, -0.2) is 31.6 Å². The molecule has 4 aromatic rings. The lowest BCUT2D eigenvalue weighted by Gasteiger charge is -2.41. The van der Waals surface area contributed by atoms with Gasteiger partial charge < -0.3 is 25.6 Å². The maximum atomic E-state index is 12.4. The molecular weight excluding hydrogens is 709 g/mol. The first-order chi connectivity index (χ1) is 23.2. The monoisotopic (exact) mass is 748 g/mol. The Hall–Kier alpha value is -3.97. The van der Waals surface area contributed by atoms with Gasteiger partial charge in [0.2, 0.25) is 0 Å². The molecular formula is C31H40N8O6S4. The van der Waals surface area contributed by atoms with Crippen molar-refractivity contribution in [3.05, 3.63) is 71.7 Å². The molecule has 0 saturated carbocycles. The van der Waals surface area contributed by atoms with Crippen LogP contribution in [0.25, 0.3) is 0 Å². The van der Waals surface area contributed by atoms with Gasteiger partial charge in [0.15, 0.2) is 10.3 Å². The van der Waals surface area contributed by atoms with E-state index in [4.69, 9.17) is 10.5 Å². The van der Waals surface area contributed by atoms with Crippen molar-refractivity contribution in [3.8, 4) is 0 Å². The normalized spacial score (nSPS) is 15.3. The zero-order valence-electron chi connectivity index (χ0n) is 27.3. The molecule has 2 aliphatic heterocycles. The average Bonchev–Trinajstić information content (AvgIpc) is 3.70. The lowest BCUT2D eigenvalue weighted by Crippen LogP contribution is -2.52. The van der Waals surface area contributed by atoms with Gasteiger partial charge in [0.1, 0.15) is 5.60 Å². The zero-order valence-corrected chi connectivity index (χ0v) is 30.5. The van der Waals surface area contributed by atoms with Gasteiger partial charge in [0.25, 0.3) is 20.0 Å². The highest BCUT2D eigenvalue weighted by Gasteiger charge is 2.29. The summed E-state index contributed by atoms with van der Waals surface area (Å²) in [5.74, 6) is 0.877. The molecule has 264 valence electrons. The van der Waals surface area contributed by atoms with Gasteiger partial charge in [-0.15, -0.1) is 22.7 Å². The summed E-state index contributed by atoms with van der Waals surface area (Å²) in [5, 5.41) is 6.92. The third-order valence-electron chi connectivity index (χ3n) is 7.51. The number of thiazole rings is 2. The van der Waals surface area contributed by atoms with Crippen LogP contribution in [0.5, 0.6) is 0 Å². The number of nitrogens with two attached hydrogens (primary N) is 1. The summed E-state index contributed by atoms with van der Waals surface area (Å²) in [5.41, 5.74) is 7.06. The molecule has 6 rings (SSSR count). The Bertz CT molecular complexity index is 1870. The zero-order chi connectivity index (χ0) is 35.2. The largest absolute Gasteiger partial charge is 0.444 e. The number of aromatic nitrogens is 2. The molecule has 5 N–H and O–H groups in total. The SMILES string of the molecule is CC(C)(C)OC(=O)NCC1CN(c2ccc(S(=O)(=O)Nc3nccs3)cc2)C1.NCC1CN(c2ccc(S(=O)(=O)Nc3nccs3)cc2)C1. The molecule has 0 unspecified atom stereocenters. The number of amides is 1. The van der Waals surface area contributed by atoms with E-state index in [-0.39, 0.29) is 9.79 Å². The van der Waals surface area contributed by atoms with Crippen molar-refractivity contribution in [2.75, 3.05) is 58.5 Å². The van der Waals surface area contributed by atoms with Crippen molar-refractivity contribution >= 4 is 70.5 Å². The fourth-order valence-corrected chi connectivity index (χ4v) is 8.53. The van der Waals surface area contributed by atoms with Crippen molar-refractivity contribution < 1.29 is 26.4 Å². The van der Waals surface area contributed by atoms with Crippen LogP contribution < -0.4 is 30.3 Å². The van der Waals surface area contributed by atoms with E-state index in [9.17, 15) is 21.6 Å². The number of carbonyl (C=O) groups excluding carboxylic acids is 1. The minimum atomic E-state index is -3.64. The quantitative estimate of drug-likeness (QED) is 0.172. The fourth-order valence-electron chi connectivity index (χ4n) is 4.95. The van der Waals surface area contributed by atoms with Crippen LogP contribution in [0.4, 0.5) is 26.4 Å². The van der Waals surface area contributed by atoms with E-state index in [1.54, 1.807) is 59.6 Å². The van der Waals surface area contributed by atoms with E-state index in [1.807, 2.05) is 32.9 Å². The molecule has 49 heavy (non-hydrogen) atoms. The highest BCUT2D eigenvalue weighted by molar-refractivity contribution is 7.93. The number of sulfonamides is 2. The smallest absolute Gasteiger partial charge is 0.407 e. The lowest BCUT2D eigenvalue weighted by atomic mass is 9.99. The second kappa shape index (κ2) is 15.3. The maximum Gasteiger partial charge on any atom is 0.407 e. The highest BCUT2D eigenvalue weighted by atomic mass is 32.2. The van der Waals surface area contributed by atoms with E-state index < -0.39 is 31.7 Å². The molecule has 14 nitrogen and oxygen atoms in total. The van der Waals surface area contributed by atoms with Gasteiger partial charge >= 0.3 is 6.09 Å². The molecule has 1 amide bonds. The van der Waals surface area contributed by atoms with E-state index in [0.29, 0.717) is 35.2 Å². The molecule has 4 heterocycles. The van der Waals surface area contributed by atoms with Crippen LogP contribution in [-0.4, -0.2) is 77.8 Å². The number of benzene rings is 2. The van der Waals surface area contributed by atoms with Crippen molar-refractivity contribution in [3.63, 3.8) is 0 Å². The molecule has 18 heteroatoms. The summed E-state index contributed by atoms with van der Waals surface area (Å²) in [6.45, 7) is 10.2. The van der Waals surface area contributed by atoms with Crippen molar-refractivity contribution in [1.29, 1.82) is 0 Å². The van der Waals surface area contributed by atoms with Gasteiger partial charge in [0.05, 0.1) is 9.79 Å². The molecule has 2 aromatic heterocycles. The Kier molecular flexibility index (Phi) is 11.3. The van der Waals surface area contributed by atoms with Gasteiger partial charge in [-0.1, -0.05) is 0 Å². The molecule has 2 saturated heterocycles. The summed E-state index contributed by atoms with van der Waals surface area (Å²) in [7, 11) is -7.21. The predicted octanol–water partition coefficient (Wildman–Crippen LogP) is 4.24. The highest BCUT2D eigenvalue weighted by Crippen LogP contribution is 2.28. The van der Waals surface area contributed by atoms with Crippen LogP contribution in [0.2, 0.25) is 0 Å². The van der Waals surface area contributed by atoms with E-state index in [2.05, 4.69) is 34.5 Å². The van der Waals surface area contributed by atoms with Gasteiger partial charge in [-0.2, -0.15) is 0 Å². The van der Waals surface area contributed by atoms with Gasteiger partial charge in [-0.05, 0) is 75.8 Å². The minimum absolute atomic E-state index is 0.190.